The minimum atomic E-state index is -0.387. The maximum absolute atomic E-state index is 11.1. The van der Waals surface area contributed by atoms with E-state index in [0.717, 1.165) is 31.7 Å². The van der Waals surface area contributed by atoms with Crippen molar-refractivity contribution in [1.82, 2.24) is 10.2 Å². The lowest BCUT2D eigenvalue weighted by Crippen LogP contribution is -2.46. The number of halogens is 1. The predicted molar refractivity (Wildman–Crippen MR) is 85.8 cm³/mol. The molecular formula is C15H23ClN2O4. The van der Waals surface area contributed by atoms with Crippen molar-refractivity contribution in [2.75, 3.05) is 39.9 Å². The Morgan fingerprint density at radius 3 is 2.59 bits per heavy atom. The van der Waals surface area contributed by atoms with E-state index in [1.165, 1.54) is 14.0 Å². The van der Waals surface area contributed by atoms with Gasteiger partial charge in [-0.25, -0.2) is 0 Å². The molecule has 1 atom stereocenters. The molecule has 0 aromatic heterocycles. The van der Waals surface area contributed by atoms with Gasteiger partial charge >= 0.3 is 5.97 Å². The lowest BCUT2D eigenvalue weighted by atomic mass is 10.0. The summed E-state index contributed by atoms with van der Waals surface area (Å²) in [6, 6.07) is 5.32. The molecule has 0 aliphatic carbocycles. The number of nitrogens with zero attached hydrogens (tertiary/aromatic N) is 1. The molecule has 124 valence electrons. The molecule has 0 bridgehead atoms. The fourth-order valence-corrected chi connectivity index (χ4v) is 2.56. The van der Waals surface area contributed by atoms with Crippen molar-refractivity contribution in [1.29, 1.82) is 0 Å². The Balaban J connectivity index is 0.00000242. The van der Waals surface area contributed by atoms with Gasteiger partial charge in [0.15, 0.2) is 11.5 Å². The molecule has 6 nitrogen and oxygen atoms in total. The number of benzene rings is 1. The molecule has 1 heterocycles. The van der Waals surface area contributed by atoms with Gasteiger partial charge in [-0.1, -0.05) is 6.07 Å². The van der Waals surface area contributed by atoms with Gasteiger partial charge in [0.05, 0.1) is 19.8 Å². The van der Waals surface area contributed by atoms with Gasteiger partial charge in [-0.05, 0) is 17.7 Å². The van der Waals surface area contributed by atoms with E-state index >= 15 is 0 Å². The number of hydrogen-bond donors (Lipinski definition) is 2. The molecule has 0 radical (unpaired) electrons. The van der Waals surface area contributed by atoms with E-state index < -0.39 is 0 Å². The van der Waals surface area contributed by atoms with E-state index in [1.54, 1.807) is 6.07 Å². The Morgan fingerprint density at radius 1 is 1.36 bits per heavy atom. The minimum Gasteiger partial charge on any atom is -0.493 e. The first-order chi connectivity index (χ1) is 10.2. The summed E-state index contributed by atoms with van der Waals surface area (Å²) in [6.07, 6.45) is 0. The zero-order valence-electron chi connectivity index (χ0n) is 12.9. The highest BCUT2D eigenvalue weighted by Crippen LogP contribution is 2.32. The number of aliphatic hydroxyl groups excluding tert-OH is 1. The highest BCUT2D eigenvalue weighted by molar-refractivity contribution is 5.85. The third kappa shape index (κ3) is 4.58. The second-order valence-corrected chi connectivity index (χ2v) is 4.99. The Hall–Kier alpha value is -1.34. The van der Waals surface area contributed by atoms with E-state index in [2.05, 4.69) is 10.2 Å². The summed E-state index contributed by atoms with van der Waals surface area (Å²) in [5.41, 5.74) is 0.951. The summed E-state index contributed by atoms with van der Waals surface area (Å²) in [5, 5.41) is 13.0. The molecule has 1 saturated heterocycles. The fourth-order valence-electron chi connectivity index (χ4n) is 2.56. The smallest absolute Gasteiger partial charge is 0.308 e. The highest BCUT2D eigenvalue weighted by Gasteiger charge is 2.22. The van der Waals surface area contributed by atoms with Crippen molar-refractivity contribution < 1.29 is 19.4 Å². The zero-order chi connectivity index (χ0) is 15.2. The molecule has 1 aliphatic rings. The summed E-state index contributed by atoms with van der Waals surface area (Å²) < 4.78 is 10.4. The van der Waals surface area contributed by atoms with Gasteiger partial charge in [0.2, 0.25) is 0 Å². The Bertz CT molecular complexity index is 492. The predicted octanol–water partition coefficient (Wildman–Crippen LogP) is 0.981. The van der Waals surface area contributed by atoms with Crippen LogP contribution in [-0.2, 0) is 4.79 Å². The Kier molecular flexibility index (Phi) is 7.61. The maximum Gasteiger partial charge on any atom is 0.308 e. The molecule has 7 heteroatoms. The second-order valence-electron chi connectivity index (χ2n) is 4.99. The van der Waals surface area contributed by atoms with Crippen molar-refractivity contribution in [3.05, 3.63) is 23.8 Å². The molecule has 1 aliphatic heterocycles. The highest BCUT2D eigenvalue weighted by atomic mass is 35.5. The molecule has 0 spiro atoms. The average molecular weight is 331 g/mol. The second kappa shape index (κ2) is 8.95. The van der Waals surface area contributed by atoms with Crippen LogP contribution in [0.3, 0.4) is 0 Å². The standard InChI is InChI=1S/C15H22N2O4.ClH/c1-11(19)21-14-4-3-12(9-15(14)20-2)13(10-18)17-7-5-16-6-8-17;/h3-4,9,13,16,18H,5-8,10H2,1-2H3;1H/t13-;/m1./s1. The van der Waals surface area contributed by atoms with E-state index in [9.17, 15) is 9.90 Å². The number of carbonyl (C=O) groups excluding carboxylic acids is 1. The third-order valence-electron chi connectivity index (χ3n) is 3.59. The van der Waals surface area contributed by atoms with Crippen LogP contribution in [0, 0.1) is 0 Å². The normalized spacial score (nSPS) is 16.5. The van der Waals surface area contributed by atoms with Crippen molar-refractivity contribution in [2.24, 2.45) is 0 Å². The largest absolute Gasteiger partial charge is 0.493 e. The molecule has 1 fully saturated rings. The summed E-state index contributed by atoms with van der Waals surface area (Å²) in [4.78, 5) is 13.3. The van der Waals surface area contributed by atoms with Gasteiger partial charge in [-0.15, -0.1) is 12.4 Å². The van der Waals surface area contributed by atoms with Crippen molar-refractivity contribution in [3.63, 3.8) is 0 Å². The zero-order valence-corrected chi connectivity index (χ0v) is 13.7. The number of piperazine rings is 1. The first-order valence-electron chi connectivity index (χ1n) is 7.07. The molecule has 0 saturated carbocycles. The van der Waals surface area contributed by atoms with Crippen molar-refractivity contribution in [2.45, 2.75) is 13.0 Å². The van der Waals surface area contributed by atoms with Crippen LogP contribution in [0.1, 0.15) is 18.5 Å². The van der Waals surface area contributed by atoms with Crippen molar-refractivity contribution in [3.8, 4) is 11.5 Å². The van der Waals surface area contributed by atoms with Crippen LogP contribution in [0.5, 0.6) is 11.5 Å². The first kappa shape index (κ1) is 18.7. The van der Waals surface area contributed by atoms with E-state index in [0.29, 0.717) is 11.5 Å². The van der Waals surface area contributed by atoms with Gasteiger partial charge in [0.1, 0.15) is 0 Å². The summed E-state index contributed by atoms with van der Waals surface area (Å²) in [5.74, 6) is 0.504. The van der Waals surface area contributed by atoms with Crippen LogP contribution >= 0.6 is 12.4 Å². The van der Waals surface area contributed by atoms with Gasteiger partial charge in [0.25, 0.3) is 0 Å². The van der Waals surface area contributed by atoms with Crippen LogP contribution in [0.4, 0.5) is 0 Å². The number of methoxy groups -OCH3 is 1. The molecule has 1 aromatic carbocycles. The topological polar surface area (TPSA) is 71.0 Å². The lowest BCUT2D eigenvalue weighted by Gasteiger charge is -2.34. The number of ether oxygens (including phenoxy) is 2. The van der Waals surface area contributed by atoms with Gasteiger partial charge < -0.3 is 19.9 Å². The first-order valence-corrected chi connectivity index (χ1v) is 7.07. The van der Waals surface area contributed by atoms with Gasteiger partial charge in [-0.2, -0.15) is 0 Å². The summed E-state index contributed by atoms with van der Waals surface area (Å²) in [6.45, 7) is 5.00. The van der Waals surface area contributed by atoms with Crippen LogP contribution in [0.25, 0.3) is 0 Å². The maximum atomic E-state index is 11.1. The number of carbonyl (C=O) groups is 1. The summed E-state index contributed by atoms with van der Waals surface area (Å²) >= 11 is 0. The van der Waals surface area contributed by atoms with E-state index in [-0.39, 0.29) is 31.0 Å². The quantitative estimate of drug-likeness (QED) is 0.619. The number of esters is 1. The third-order valence-corrected chi connectivity index (χ3v) is 3.59. The Labute approximate surface area is 136 Å². The van der Waals surface area contributed by atoms with Crippen molar-refractivity contribution >= 4 is 18.4 Å². The molecule has 2 N–H and O–H groups in total. The van der Waals surface area contributed by atoms with E-state index in [4.69, 9.17) is 9.47 Å². The SMILES string of the molecule is COc1cc([C@@H](CO)N2CCNCC2)ccc1OC(C)=O.Cl. The van der Waals surface area contributed by atoms with Gasteiger partial charge in [-0.3, -0.25) is 9.69 Å². The van der Waals surface area contributed by atoms with Crippen LogP contribution in [0.2, 0.25) is 0 Å². The molecule has 0 amide bonds. The van der Waals surface area contributed by atoms with E-state index in [1.807, 2.05) is 12.1 Å². The molecule has 2 rings (SSSR count). The minimum absolute atomic E-state index is 0. The van der Waals surface area contributed by atoms with Crippen LogP contribution < -0.4 is 14.8 Å². The fraction of sp³-hybridized carbons (Fsp3) is 0.533. The Morgan fingerprint density at radius 2 is 2.05 bits per heavy atom. The lowest BCUT2D eigenvalue weighted by molar-refractivity contribution is -0.132. The molecular weight excluding hydrogens is 308 g/mol. The molecule has 1 aromatic rings. The summed E-state index contributed by atoms with van der Waals surface area (Å²) in [7, 11) is 1.53. The van der Waals surface area contributed by atoms with Gasteiger partial charge in [0, 0.05) is 33.1 Å². The number of aliphatic hydroxyl groups is 1. The van der Waals surface area contributed by atoms with Crippen LogP contribution in [-0.4, -0.2) is 55.9 Å². The monoisotopic (exact) mass is 330 g/mol. The van der Waals surface area contributed by atoms with Crippen LogP contribution in [0.15, 0.2) is 18.2 Å². The number of rotatable bonds is 5. The molecule has 22 heavy (non-hydrogen) atoms. The molecule has 0 unspecified atom stereocenters. The number of nitrogens with one attached hydrogen (secondary N) is 1. The average Bonchev–Trinajstić information content (AvgIpc) is 2.50. The number of hydrogen-bond acceptors (Lipinski definition) is 6.